The second-order valence-corrected chi connectivity index (χ2v) is 10.7. The summed E-state index contributed by atoms with van der Waals surface area (Å²) in [5.41, 5.74) is 4.35. The molecule has 1 heterocycles. The Bertz CT molecular complexity index is 1240. The fourth-order valence-corrected chi connectivity index (χ4v) is 6.03. The predicted octanol–water partition coefficient (Wildman–Crippen LogP) is 4.89. The van der Waals surface area contributed by atoms with Crippen LogP contribution < -0.4 is 9.62 Å². The summed E-state index contributed by atoms with van der Waals surface area (Å²) in [5, 5.41) is 3.07. The Morgan fingerprint density at radius 1 is 1.06 bits per heavy atom. The molecule has 1 amide bonds. The quantitative estimate of drug-likeness (QED) is 0.544. The Morgan fingerprint density at radius 3 is 2.45 bits per heavy atom. The van der Waals surface area contributed by atoms with Gasteiger partial charge >= 0.3 is 0 Å². The van der Waals surface area contributed by atoms with Gasteiger partial charge in [-0.1, -0.05) is 48.0 Å². The van der Waals surface area contributed by atoms with Crippen molar-refractivity contribution in [3.8, 4) is 0 Å². The van der Waals surface area contributed by atoms with E-state index >= 15 is 0 Å². The van der Waals surface area contributed by atoms with Crippen LogP contribution in [0.1, 0.15) is 47.3 Å². The number of hydrogen-bond acceptors (Lipinski definition) is 3. The van der Waals surface area contributed by atoms with Crippen LogP contribution in [0, 0.1) is 6.92 Å². The average molecular weight is 463 g/mol. The number of nitrogens with zero attached hydrogens (tertiary/aromatic N) is 1. The minimum Gasteiger partial charge on any atom is -0.350 e. The number of carbonyl (C=O) groups is 1. The molecule has 33 heavy (non-hydrogen) atoms. The van der Waals surface area contributed by atoms with Crippen molar-refractivity contribution >= 4 is 21.6 Å². The van der Waals surface area contributed by atoms with Gasteiger partial charge in [0.25, 0.3) is 15.9 Å². The van der Waals surface area contributed by atoms with E-state index in [0.717, 1.165) is 24.0 Å². The SMILES string of the molecule is Cc1ccc(S(=O)(=O)N2c3ccc(C(=O)N[C@H](C)CCc4ccccc4)cc3C[C@H]2C)cc1. The molecule has 0 saturated carbocycles. The zero-order chi connectivity index (χ0) is 23.6. The fraction of sp³-hybridized carbons (Fsp3) is 0.296. The van der Waals surface area contributed by atoms with E-state index < -0.39 is 10.0 Å². The van der Waals surface area contributed by atoms with Crippen molar-refractivity contribution in [1.82, 2.24) is 5.32 Å². The van der Waals surface area contributed by atoms with E-state index in [1.165, 1.54) is 9.87 Å². The summed E-state index contributed by atoms with van der Waals surface area (Å²) in [4.78, 5) is 13.1. The molecule has 5 nitrogen and oxygen atoms in total. The molecule has 0 saturated heterocycles. The molecule has 0 fully saturated rings. The van der Waals surface area contributed by atoms with Crippen molar-refractivity contribution in [2.45, 2.75) is 57.0 Å². The van der Waals surface area contributed by atoms with Crippen molar-refractivity contribution in [2.75, 3.05) is 4.31 Å². The van der Waals surface area contributed by atoms with E-state index in [-0.39, 0.29) is 22.9 Å². The highest BCUT2D eigenvalue weighted by Gasteiger charge is 2.36. The summed E-state index contributed by atoms with van der Waals surface area (Å²) in [5.74, 6) is -0.133. The van der Waals surface area contributed by atoms with Crippen LogP contribution in [0.2, 0.25) is 0 Å². The monoisotopic (exact) mass is 462 g/mol. The molecule has 1 aliphatic heterocycles. The Morgan fingerprint density at radius 2 is 1.76 bits per heavy atom. The maximum Gasteiger partial charge on any atom is 0.264 e. The highest BCUT2D eigenvalue weighted by atomic mass is 32.2. The number of nitrogens with one attached hydrogen (secondary N) is 1. The predicted molar refractivity (Wildman–Crippen MR) is 132 cm³/mol. The summed E-state index contributed by atoms with van der Waals surface area (Å²) in [6.07, 6.45) is 2.32. The summed E-state index contributed by atoms with van der Waals surface area (Å²) < 4.78 is 28.1. The van der Waals surface area contributed by atoms with Crippen LogP contribution in [0.5, 0.6) is 0 Å². The van der Waals surface area contributed by atoms with Gasteiger partial charge in [0.1, 0.15) is 0 Å². The number of rotatable bonds is 7. The smallest absolute Gasteiger partial charge is 0.264 e. The molecule has 4 rings (SSSR count). The second kappa shape index (κ2) is 9.40. The van der Waals surface area contributed by atoms with E-state index in [2.05, 4.69) is 17.4 Å². The van der Waals surface area contributed by atoms with Gasteiger partial charge in [-0.3, -0.25) is 9.10 Å². The lowest BCUT2D eigenvalue weighted by molar-refractivity contribution is 0.0938. The van der Waals surface area contributed by atoms with Gasteiger partial charge in [-0.15, -0.1) is 0 Å². The number of anilines is 1. The van der Waals surface area contributed by atoms with Crippen molar-refractivity contribution in [2.24, 2.45) is 0 Å². The normalized spacial score (nSPS) is 16.3. The van der Waals surface area contributed by atoms with Crippen LogP contribution in [0.4, 0.5) is 5.69 Å². The first-order chi connectivity index (χ1) is 15.8. The summed E-state index contributed by atoms with van der Waals surface area (Å²) >= 11 is 0. The van der Waals surface area contributed by atoms with Crippen LogP contribution in [-0.2, 0) is 22.9 Å². The largest absolute Gasteiger partial charge is 0.350 e. The standard InChI is InChI=1S/C27H30N2O3S/c1-19-9-14-25(15-10-19)33(31,32)29-21(3)17-24-18-23(13-16-26(24)29)27(30)28-20(2)11-12-22-7-5-4-6-8-22/h4-10,13-16,18,20-21H,11-12,17H2,1-3H3,(H,28,30)/t20-,21-/m1/s1. The van der Waals surface area contributed by atoms with Crippen LogP contribution in [-0.4, -0.2) is 26.4 Å². The summed E-state index contributed by atoms with van der Waals surface area (Å²) in [7, 11) is -3.67. The van der Waals surface area contributed by atoms with Crippen LogP contribution in [0.3, 0.4) is 0 Å². The van der Waals surface area contributed by atoms with Crippen LogP contribution in [0.15, 0.2) is 77.7 Å². The first-order valence-electron chi connectivity index (χ1n) is 11.3. The van der Waals surface area contributed by atoms with Crippen molar-refractivity contribution in [3.05, 3.63) is 95.1 Å². The van der Waals surface area contributed by atoms with Gasteiger partial charge in [-0.2, -0.15) is 0 Å². The van der Waals surface area contributed by atoms with Gasteiger partial charge in [0.05, 0.1) is 10.6 Å². The third-order valence-electron chi connectivity index (χ3n) is 6.16. The highest BCUT2D eigenvalue weighted by molar-refractivity contribution is 7.92. The van der Waals surface area contributed by atoms with Crippen LogP contribution in [0.25, 0.3) is 0 Å². The number of amides is 1. The third kappa shape index (κ3) is 4.96. The van der Waals surface area contributed by atoms with Gasteiger partial charge in [0, 0.05) is 17.6 Å². The maximum atomic E-state index is 13.3. The molecule has 3 aromatic rings. The lowest BCUT2D eigenvalue weighted by atomic mass is 10.0. The molecular weight excluding hydrogens is 432 g/mol. The maximum absolute atomic E-state index is 13.3. The van der Waals surface area contributed by atoms with Gasteiger partial charge in [0.15, 0.2) is 0 Å². The fourth-order valence-electron chi connectivity index (χ4n) is 4.34. The summed E-state index contributed by atoms with van der Waals surface area (Å²) in [6.45, 7) is 5.84. The van der Waals surface area contributed by atoms with Gasteiger partial charge in [-0.25, -0.2) is 8.42 Å². The lowest BCUT2D eigenvalue weighted by Gasteiger charge is -2.24. The lowest BCUT2D eigenvalue weighted by Crippen LogP contribution is -2.35. The number of hydrogen-bond donors (Lipinski definition) is 1. The van der Waals surface area contributed by atoms with Crippen molar-refractivity contribution < 1.29 is 13.2 Å². The molecule has 3 aromatic carbocycles. The highest BCUT2D eigenvalue weighted by Crippen LogP contribution is 2.37. The molecule has 2 atom stereocenters. The van der Waals surface area contributed by atoms with E-state index in [9.17, 15) is 13.2 Å². The van der Waals surface area contributed by atoms with Gasteiger partial charge in [0.2, 0.25) is 0 Å². The Labute approximate surface area is 196 Å². The minimum absolute atomic E-state index is 0.0308. The third-order valence-corrected chi connectivity index (χ3v) is 8.10. The zero-order valence-corrected chi connectivity index (χ0v) is 20.1. The second-order valence-electron chi connectivity index (χ2n) is 8.91. The van der Waals surface area contributed by atoms with E-state index in [1.54, 1.807) is 36.4 Å². The number of sulfonamides is 1. The number of benzene rings is 3. The van der Waals surface area contributed by atoms with E-state index in [1.807, 2.05) is 45.0 Å². The molecular formula is C27H30N2O3S. The Kier molecular flexibility index (Phi) is 6.56. The molecule has 0 spiro atoms. The minimum atomic E-state index is -3.67. The number of carbonyl (C=O) groups excluding carboxylic acids is 1. The molecule has 1 N–H and O–H groups in total. The van der Waals surface area contributed by atoms with Gasteiger partial charge < -0.3 is 5.32 Å². The van der Waals surface area contributed by atoms with Gasteiger partial charge in [-0.05, 0) is 81.5 Å². The Balaban J connectivity index is 1.48. The van der Waals surface area contributed by atoms with E-state index in [0.29, 0.717) is 17.7 Å². The Hall–Kier alpha value is -3.12. The molecule has 0 aliphatic carbocycles. The molecule has 6 heteroatoms. The molecule has 1 aliphatic rings. The first kappa shape index (κ1) is 23.1. The molecule has 172 valence electrons. The molecule has 0 bridgehead atoms. The van der Waals surface area contributed by atoms with Crippen molar-refractivity contribution in [3.63, 3.8) is 0 Å². The number of aryl methyl sites for hydroxylation is 2. The molecule has 0 unspecified atom stereocenters. The molecule has 0 radical (unpaired) electrons. The van der Waals surface area contributed by atoms with E-state index in [4.69, 9.17) is 0 Å². The zero-order valence-electron chi connectivity index (χ0n) is 19.3. The molecule has 0 aromatic heterocycles. The average Bonchev–Trinajstić information content (AvgIpc) is 3.14. The van der Waals surface area contributed by atoms with Crippen LogP contribution >= 0.6 is 0 Å². The topological polar surface area (TPSA) is 66.5 Å². The number of fused-ring (bicyclic) bond motifs is 1. The summed E-state index contributed by atoms with van der Waals surface area (Å²) in [6, 6.07) is 22.2. The first-order valence-corrected chi connectivity index (χ1v) is 12.8. The van der Waals surface area contributed by atoms with Crippen molar-refractivity contribution in [1.29, 1.82) is 0 Å².